The highest BCUT2D eigenvalue weighted by atomic mass is 16.5. The molecule has 0 saturated carbocycles. The van der Waals surface area contributed by atoms with Gasteiger partial charge in [0.2, 0.25) is 0 Å². The van der Waals surface area contributed by atoms with E-state index in [4.69, 9.17) is 14.2 Å². The van der Waals surface area contributed by atoms with Crippen molar-refractivity contribution >= 4 is 0 Å². The van der Waals surface area contributed by atoms with E-state index < -0.39 is 0 Å². The van der Waals surface area contributed by atoms with Crippen molar-refractivity contribution in [2.24, 2.45) is 0 Å². The van der Waals surface area contributed by atoms with Crippen LogP contribution in [-0.2, 0) is 4.74 Å². The molecule has 96 valence electrons. The van der Waals surface area contributed by atoms with E-state index in [9.17, 15) is 0 Å². The highest BCUT2D eigenvalue weighted by Crippen LogP contribution is 2.29. The van der Waals surface area contributed by atoms with Gasteiger partial charge in [0.25, 0.3) is 0 Å². The Bertz CT molecular complexity index is 341. The summed E-state index contributed by atoms with van der Waals surface area (Å²) < 4.78 is 15.5. The van der Waals surface area contributed by atoms with Gasteiger partial charge in [-0.25, -0.2) is 0 Å². The fourth-order valence-electron chi connectivity index (χ4n) is 1.66. The van der Waals surface area contributed by atoms with Gasteiger partial charge in [-0.05, 0) is 13.0 Å². The van der Waals surface area contributed by atoms with Gasteiger partial charge in [0, 0.05) is 31.3 Å². The Kier molecular flexibility index (Phi) is 5.80. The topological polar surface area (TPSA) is 39.7 Å². The average Bonchev–Trinajstić information content (AvgIpc) is 2.38. The molecule has 0 aliphatic heterocycles. The number of nitrogens with one attached hydrogen (secondary N) is 1. The van der Waals surface area contributed by atoms with Gasteiger partial charge in [-0.3, -0.25) is 0 Å². The van der Waals surface area contributed by atoms with Gasteiger partial charge >= 0.3 is 0 Å². The normalized spacial score (nSPS) is 12.2. The molecular weight excluding hydrogens is 218 g/mol. The van der Waals surface area contributed by atoms with Crippen molar-refractivity contribution in [3.8, 4) is 11.5 Å². The lowest BCUT2D eigenvalue weighted by Crippen LogP contribution is -2.23. The van der Waals surface area contributed by atoms with Gasteiger partial charge in [-0.1, -0.05) is 6.07 Å². The average molecular weight is 239 g/mol. The molecule has 0 amide bonds. The van der Waals surface area contributed by atoms with Crippen LogP contribution in [0.4, 0.5) is 0 Å². The van der Waals surface area contributed by atoms with Crippen molar-refractivity contribution in [3.05, 3.63) is 23.8 Å². The minimum Gasteiger partial charge on any atom is -0.497 e. The number of ether oxygens (including phenoxy) is 3. The van der Waals surface area contributed by atoms with Crippen molar-refractivity contribution in [2.75, 3.05) is 34.5 Å². The minimum atomic E-state index is 0.214. The van der Waals surface area contributed by atoms with E-state index in [-0.39, 0.29) is 6.04 Å². The highest BCUT2D eigenvalue weighted by Gasteiger charge is 2.11. The fraction of sp³-hybridized carbons (Fsp3) is 0.538. The number of hydrogen-bond acceptors (Lipinski definition) is 4. The van der Waals surface area contributed by atoms with E-state index in [2.05, 4.69) is 12.2 Å². The van der Waals surface area contributed by atoms with E-state index in [1.54, 1.807) is 21.3 Å². The first-order valence-electron chi connectivity index (χ1n) is 5.67. The molecule has 0 aromatic heterocycles. The van der Waals surface area contributed by atoms with E-state index >= 15 is 0 Å². The highest BCUT2D eigenvalue weighted by molar-refractivity contribution is 5.42. The van der Waals surface area contributed by atoms with Gasteiger partial charge in [0.05, 0.1) is 20.8 Å². The predicted molar refractivity (Wildman–Crippen MR) is 67.8 cm³/mol. The summed E-state index contributed by atoms with van der Waals surface area (Å²) in [7, 11) is 5.01. The zero-order valence-electron chi connectivity index (χ0n) is 10.9. The van der Waals surface area contributed by atoms with Crippen LogP contribution in [0, 0.1) is 0 Å². The van der Waals surface area contributed by atoms with Crippen LogP contribution in [0.15, 0.2) is 18.2 Å². The maximum absolute atomic E-state index is 5.36. The first-order valence-corrected chi connectivity index (χ1v) is 5.67. The molecule has 0 radical (unpaired) electrons. The Labute approximate surface area is 103 Å². The van der Waals surface area contributed by atoms with Crippen molar-refractivity contribution in [1.29, 1.82) is 0 Å². The monoisotopic (exact) mass is 239 g/mol. The molecular formula is C13H21NO3. The van der Waals surface area contributed by atoms with Crippen LogP contribution in [-0.4, -0.2) is 34.5 Å². The van der Waals surface area contributed by atoms with Crippen molar-refractivity contribution in [1.82, 2.24) is 5.32 Å². The molecule has 4 nitrogen and oxygen atoms in total. The molecule has 4 heteroatoms. The Balaban J connectivity index is 2.74. The van der Waals surface area contributed by atoms with Gasteiger partial charge in [0.1, 0.15) is 11.5 Å². The van der Waals surface area contributed by atoms with E-state index in [0.29, 0.717) is 6.61 Å². The first-order chi connectivity index (χ1) is 8.22. The summed E-state index contributed by atoms with van der Waals surface area (Å²) in [5, 5.41) is 3.37. The lowest BCUT2D eigenvalue weighted by molar-refractivity contribution is 0.196. The van der Waals surface area contributed by atoms with Crippen LogP contribution in [0.2, 0.25) is 0 Å². The molecule has 1 aromatic rings. The largest absolute Gasteiger partial charge is 0.497 e. The zero-order valence-corrected chi connectivity index (χ0v) is 10.9. The van der Waals surface area contributed by atoms with Crippen LogP contribution in [0.5, 0.6) is 11.5 Å². The predicted octanol–water partition coefficient (Wildman–Crippen LogP) is 2.00. The van der Waals surface area contributed by atoms with Crippen molar-refractivity contribution in [2.45, 2.75) is 13.0 Å². The molecule has 1 N–H and O–H groups in total. The first kappa shape index (κ1) is 13.8. The summed E-state index contributed by atoms with van der Waals surface area (Å²) in [6.07, 6.45) is 0. The molecule has 1 atom stereocenters. The van der Waals surface area contributed by atoms with E-state index in [1.807, 2.05) is 18.2 Å². The number of methoxy groups -OCH3 is 3. The van der Waals surface area contributed by atoms with Crippen LogP contribution in [0.3, 0.4) is 0 Å². The third kappa shape index (κ3) is 3.91. The van der Waals surface area contributed by atoms with Gasteiger partial charge in [-0.2, -0.15) is 0 Å². The summed E-state index contributed by atoms with van der Waals surface area (Å²) in [5.41, 5.74) is 1.12. The van der Waals surface area contributed by atoms with Crippen LogP contribution in [0.1, 0.15) is 18.5 Å². The smallest absolute Gasteiger partial charge is 0.127 e. The fourth-order valence-corrected chi connectivity index (χ4v) is 1.66. The molecule has 0 spiro atoms. The number of benzene rings is 1. The molecule has 0 saturated heterocycles. The van der Waals surface area contributed by atoms with Crippen molar-refractivity contribution < 1.29 is 14.2 Å². The molecule has 1 rings (SSSR count). The number of hydrogen-bond donors (Lipinski definition) is 1. The second-order valence-electron chi connectivity index (χ2n) is 3.78. The summed E-state index contributed by atoms with van der Waals surface area (Å²) in [6.45, 7) is 3.61. The van der Waals surface area contributed by atoms with Crippen LogP contribution < -0.4 is 14.8 Å². The molecule has 0 aliphatic carbocycles. The second-order valence-corrected chi connectivity index (χ2v) is 3.78. The molecule has 1 aromatic carbocycles. The van der Waals surface area contributed by atoms with Gasteiger partial charge < -0.3 is 19.5 Å². The van der Waals surface area contributed by atoms with E-state index in [1.165, 1.54) is 0 Å². The van der Waals surface area contributed by atoms with Gasteiger partial charge in [-0.15, -0.1) is 0 Å². The molecule has 1 unspecified atom stereocenters. The summed E-state index contributed by atoms with van der Waals surface area (Å²) >= 11 is 0. The zero-order chi connectivity index (χ0) is 12.7. The quantitative estimate of drug-likeness (QED) is 0.739. The Hall–Kier alpha value is -1.26. The summed E-state index contributed by atoms with van der Waals surface area (Å²) in [5.74, 6) is 1.64. The minimum absolute atomic E-state index is 0.214. The Morgan fingerprint density at radius 1 is 1.18 bits per heavy atom. The molecule has 0 bridgehead atoms. The molecule has 17 heavy (non-hydrogen) atoms. The lowest BCUT2D eigenvalue weighted by atomic mass is 10.1. The van der Waals surface area contributed by atoms with Crippen LogP contribution in [0.25, 0.3) is 0 Å². The Morgan fingerprint density at radius 3 is 2.53 bits per heavy atom. The lowest BCUT2D eigenvalue weighted by Gasteiger charge is -2.17. The molecule has 0 fully saturated rings. The summed E-state index contributed by atoms with van der Waals surface area (Å²) in [6, 6.07) is 6.06. The number of rotatable bonds is 7. The van der Waals surface area contributed by atoms with Gasteiger partial charge in [0.15, 0.2) is 0 Å². The summed E-state index contributed by atoms with van der Waals surface area (Å²) in [4.78, 5) is 0. The maximum atomic E-state index is 5.36. The second kappa shape index (κ2) is 7.14. The standard InChI is InChI=1S/C13H21NO3/c1-10(14-7-8-15-2)12-6-5-11(16-3)9-13(12)17-4/h5-6,9-10,14H,7-8H2,1-4H3. The SMILES string of the molecule is COCCNC(C)c1ccc(OC)cc1OC. The molecule has 0 heterocycles. The third-order valence-electron chi connectivity index (χ3n) is 2.66. The van der Waals surface area contributed by atoms with E-state index in [0.717, 1.165) is 23.6 Å². The van der Waals surface area contributed by atoms with Crippen LogP contribution >= 0.6 is 0 Å². The Morgan fingerprint density at radius 2 is 1.94 bits per heavy atom. The van der Waals surface area contributed by atoms with Crippen molar-refractivity contribution in [3.63, 3.8) is 0 Å². The maximum Gasteiger partial charge on any atom is 0.127 e. The molecule has 0 aliphatic rings. The third-order valence-corrected chi connectivity index (χ3v) is 2.66.